The number of nitriles is 1. The van der Waals surface area contributed by atoms with Crippen LogP contribution >= 0.6 is 0 Å². The molecule has 5 nitrogen and oxygen atoms in total. The summed E-state index contributed by atoms with van der Waals surface area (Å²) in [7, 11) is 0. The number of rotatable bonds is 3. The molecule has 1 fully saturated rings. The van der Waals surface area contributed by atoms with Crippen molar-refractivity contribution in [1.29, 1.82) is 5.26 Å². The number of hydrogen-bond donors (Lipinski definition) is 1. The molecule has 1 N–H and O–H groups in total. The van der Waals surface area contributed by atoms with Gasteiger partial charge in [0, 0.05) is 29.9 Å². The fraction of sp³-hybridized carbons (Fsp3) is 0.167. The molecule has 0 saturated carbocycles. The Labute approximate surface area is 134 Å². The van der Waals surface area contributed by atoms with Crippen LogP contribution in [0.4, 0.5) is 11.4 Å². The smallest absolute Gasteiger partial charge is 0.255 e. The first-order valence-electron chi connectivity index (χ1n) is 7.39. The average molecular weight is 305 g/mol. The van der Waals surface area contributed by atoms with Crippen LogP contribution in [0.15, 0.2) is 48.5 Å². The van der Waals surface area contributed by atoms with E-state index < -0.39 is 0 Å². The van der Waals surface area contributed by atoms with Crippen LogP contribution in [0.3, 0.4) is 0 Å². The molecular weight excluding hydrogens is 290 g/mol. The average Bonchev–Trinajstić information content (AvgIpc) is 3.01. The summed E-state index contributed by atoms with van der Waals surface area (Å²) in [4.78, 5) is 25.8. The molecule has 0 aromatic heterocycles. The van der Waals surface area contributed by atoms with E-state index in [9.17, 15) is 9.59 Å². The Hall–Kier alpha value is -3.13. The molecule has 1 heterocycles. The summed E-state index contributed by atoms with van der Waals surface area (Å²) >= 11 is 0. The van der Waals surface area contributed by atoms with Crippen molar-refractivity contribution in [2.75, 3.05) is 16.8 Å². The van der Waals surface area contributed by atoms with Crippen molar-refractivity contribution in [2.45, 2.75) is 12.8 Å². The van der Waals surface area contributed by atoms with Crippen molar-refractivity contribution < 1.29 is 9.59 Å². The van der Waals surface area contributed by atoms with E-state index in [0.717, 1.165) is 12.1 Å². The molecule has 114 valence electrons. The molecule has 0 spiro atoms. The van der Waals surface area contributed by atoms with Gasteiger partial charge in [0.15, 0.2) is 0 Å². The minimum absolute atomic E-state index is 0.107. The highest BCUT2D eigenvalue weighted by molar-refractivity contribution is 6.05. The van der Waals surface area contributed by atoms with E-state index in [1.165, 1.54) is 0 Å². The molecule has 2 aromatic rings. The zero-order valence-electron chi connectivity index (χ0n) is 12.5. The summed E-state index contributed by atoms with van der Waals surface area (Å²) in [6.07, 6.45) is 1.42. The number of amides is 2. The topological polar surface area (TPSA) is 73.2 Å². The van der Waals surface area contributed by atoms with Gasteiger partial charge in [0.05, 0.1) is 11.6 Å². The number of nitrogens with one attached hydrogen (secondary N) is 1. The molecule has 3 rings (SSSR count). The van der Waals surface area contributed by atoms with Crippen LogP contribution in [0.25, 0.3) is 0 Å². The minimum atomic E-state index is -0.285. The summed E-state index contributed by atoms with van der Waals surface area (Å²) in [5.41, 5.74) is 2.27. The van der Waals surface area contributed by atoms with Gasteiger partial charge in [-0.3, -0.25) is 9.59 Å². The summed E-state index contributed by atoms with van der Waals surface area (Å²) in [6, 6.07) is 15.8. The maximum absolute atomic E-state index is 12.3. The molecule has 0 radical (unpaired) electrons. The van der Waals surface area contributed by atoms with Gasteiger partial charge in [-0.05, 0) is 42.8 Å². The molecule has 1 saturated heterocycles. The lowest BCUT2D eigenvalue weighted by atomic mass is 10.1. The molecule has 1 aliphatic heterocycles. The van der Waals surface area contributed by atoms with Gasteiger partial charge in [0.2, 0.25) is 5.91 Å². The second-order valence-electron chi connectivity index (χ2n) is 5.35. The highest BCUT2D eigenvalue weighted by Crippen LogP contribution is 2.24. The monoisotopic (exact) mass is 305 g/mol. The first-order valence-corrected chi connectivity index (χ1v) is 7.39. The lowest BCUT2D eigenvalue weighted by Gasteiger charge is -2.16. The number of carbonyl (C=O) groups is 2. The Morgan fingerprint density at radius 2 is 2.00 bits per heavy atom. The third kappa shape index (κ3) is 3.22. The fourth-order valence-corrected chi connectivity index (χ4v) is 2.61. The van der Waals surface area contributed by atoms with E-state index >= 15 is 0 Å². The van der Waals surface area contributed by atoms with Crippen molar-refractivity contribution in [1.82, 2.24) is 0 Å². The molecule has 0 atom stereocenters. The number of benzene rings is 2. The lowest BCUT2D eigenvalue weighted by Crippen LogP contribution is -2.23. The van der Waals surface area contributed by atoms with Crippen LogP contribution in [0.2, 0.25) is 0 Å². The summed E-state index contributed by atoms with van der Waals surface area (Å²) in [6.45, 7) is 0.709. The number of nitrogens with zero attached hydrogens (tertiary/aromatic N) is 2. The van der Waals surface area contributed by atoms with Crippen molar-refractivity contribution in [3.05, 3.63) is 59.7 Å². The minimum Gasteiger partial charge on any atom is -0.322 e. The number of hydrogen-bond acceptors (Lipinski definition) is 3. The van der Waals surface area contributed by atoms with Crippen molar-refractivity contribution in [3.63, 3.8) is 0 Å². The zero-order chi connectivity index (χ0) is 16.2. The molecular formula is C18H15N3O2. The van der Waals surface area contributed by atoms with E-state index in [0.29, 0.717) is 29.8 Å². The molecule has 0 aliphatic carbocycles. The second-order valence-corrected chi connectivity index (χ2v) is 5.35. The van der Waals surface area contributed by atoms with Gasteiger partial charge in [-0.25, -0.2) is 0 Å². The van der Waals surface area contributed by atoms with Gasteiger partial charge >= 0.3 is 0 Å². The predicted molar refractivity (Wildman–Crippen MR) is 87.1 cm³/mol. The van der Waals surface area contributed by atoms with Gasteiger partial charge < -0.3 is 10.2 Å². The van der Waals surface area contributed by atoms with Gasteiger partial charge in [-0.2, -0.15) is 5.26 Å². The molecule has 0 unspecified atom stereocenters. The highest BCUT2D eigenvalue weighted by Gasteiger charge is 2.21. The van der Waals surface area contributed by atoms with Crippen molar-refractivity contribution in [2.24, 2.45) is 0 Å². The molecule has 0 bridgehead atoms. The third-order valence-corrected chi connectivity index (χ3v) is 3.74. The van der Waals surface area contributed by atoms with E-state index in [1.807, 2.05) is 18.2 Å². The van der Waals surface area contributed by atoms with E-state index in [1.54, 1.807) is 41.3 Å². The molecule has 2 aromatic carbocycles. The Balaban J connectivity index is 1.79. The number of carbonyl (C=O) groups excluding carboxylic acids is 2. The van der Waals surface area contributed by atoms with E-state index in [2.05, 4.69) is 5.32 Å². The third-order valence-electron chi connectivity index (χ3n) is 3.74. The largest absolute Gasteiger partial charge is 0.322 e. The number of anilines is 2. The Morgan fingerprint density at radius 1 is 1.17 bits per heavy atom. The van der Waals surface area contributed by atoms with Gasteiger partial charge in [0.25, 0.3) is 5.91 Å². The zero-order valence-corrected chi connectivity index (χ0v) is 12.5. The lowest BCUT2D eigenvalue weighted by molar-refractivity contribution is -0.117. The maximum atomic E-state index is 12.3. The standard InChI is InChI=1S/C18H15N3O2/c19-12-13-4-1-5-14(10-13)18(23)20-15-6-2-7-16(11-15)21-9-3-8-17(21)22/h1-2,4-7,10-11H,3,8-9H2,(H,20,23). The molecule has 23 heavy (non-hydrogen) atoms. The van der Waals surface area contributed by atoms with Crippen LogP contribution in [-0.4, -0.2) is 18.4 Å². The Morgan fingerprint density at radius 3 is 2.74 bits per heavy atom. The quantitative estimate of drug-likeness (QED) is 0.947. The molecule has 2 amide bonds. The van der Waals surface area contributed by atoms with Gasteiger partial charge in [-0.15, -0.1) is 0 Å². The predicted octanol–water partition coefficient (Wildman–Crippen LogP) is 2.94. The summed E-state index contributed by atoms with van der Waals surface area (Å²) < 4.78 is 0. The SMILES string of the molecule is N#Cc1cccc(C(=O)Nc2cccc(N3CCCC3=O)c2)c1. The maximum Gasteiger partial charge on any atom is 0.255 e. The second kappa shape index (κ2) is 6.32. The first kappa shape index (κ1) is 14.8. The van der Waals surface area contributed by atoms with E-state index in [-0.39, 0.29) is 11.8 Å². The van der Waals surface area contributed by atoms with Gasteiger partial charge in [0.1, 0.15) is 0 Å². The van der Waals surface area contributed by atoms with Gasteiger partial charge in [-0.1, -0.05) is 12.1 Å². The van der Waals surface area contributed by atoms with Crippen LogP contribution in [0.5, 0.6) is 0 Å². The fourth-order valence-electron chi connectivity index (χ4n) is 2.61. The van der Waals surface area contributed by atoms with Crippen molar-refractivity contribution in [3.8, 4) is 6.07 Å². The summed E-state index contributed by atoms with van der Waals surface area (Å²) in [5.74, 6) is -0.179. The van der Waals surface area contributed by atoms with Crippen LogP contribution in [0.1, 0.15) is 28.8 Å². The van der Waals surface area contributed by atoms with Crippen LogP contribution < -0.4 is 10.2 Å². The Bertz CT molecular complexity index is 808. The summed E-state index contributed by atoms with van der Waals surface area (Å²) in [5, 5.41) is 11.7. The van der Waals surface area contributed by atoms with E-state index in [4.69, 9.17) is 5.26 Å². The molecule has 5 heteroatoms. The normalized spacial score (nSPS) is 13.7. The van der Waals surface area contributed by atoms with Crippen LogP contribution in [0, 0.1) is 11.3 Å². The van der Waals surface area contributed by atoms with Crippen molar-refractivity contribution >= 4 is 23.2 Å². The van der Waals surface area contributed by atoms with Crippen LogP contribution in [-0.2, 0) is 4.79 Å². The highest BCUT2D eigenvalue weighted by atomic mass is 16.2. The first-order chi connectivity index (χ1) is 11.2. The Kier molecular flexibility index (Phi) is 4.07. The molecule has 1 aliphatic rings.